The second-order valence-electron chi connectivity index (χ2n) is 20.6. The molecule has 3 fully saturated rings. The molecule has 7 amide bonds. The van der Waals surface area contributed by atoms with Crippen molar-refractivity contribution in [3.63, 3.8) is 0 Å². The third-order valence-corrected chi connectivity index (χ3v) is 14.4. The SMILES string of the molecule is CCCCCCCCCCCCCCCC(=O)N[C@H]1CCCC[C@@H](C(=O)O)NC(=O)[C@@H]2C[C@@H](O)CN2C(=O)[C@H](CCCN)NC(=O)[C@H](CCc2ccc(O)cc2)NC(=O)[C@@H]2C[C@@H](O)CN2C(=O)[C@H]([C@@H](C)O)NC1=O. The molecule has 0 bridgehead atoms. The molecule has 3 aliphatic rings. The lowest BCUT2D eigenvalue weighted by Gasteiger charge is -2.32. The minimum absolute atomic E-state index is 0.000411. The number of carbonyl (C=O) groups is 8. The first-order chi connectivity index (χ1) is 35.4. The number of nitrogens with two attached hydrogens (primary N) is 1. The molecule has 3 saturated heterocycles. The van der Waals surface area contributed by atoms with Gasteiger partial charge in [0.05, 0.1) is 18.3 Å². The summed E-state index contributed by atoms with van der Waals surface area (Å²) in [6.07, 6.45) is 10.7. The molecule has 0 aliphatic carbocycles. The topological polar surface area (TPSA) is 330 Å². The number of aliphatic hydroxyl groups excluding tert-OH is 3. The lowest BCUT2D eigenvalue weighted by Crippen LogP contribution is -2.61. The maximum Gasteiger partial charge on any atom is 0.326 e. The summed E-state index contributed by atoms with van der Waals surface area (Å²) in [4.78, 5) is 113. The van der Waals surface area contributed by atoms with Crippen molar-refractivity contribution in [1.82, 2.24) is 36.4 Å². The number of benzene rings is 1. The van der Waals surface area contributed by atoms with Gasteiger partial charge in [-0.3, -0.25) is 33.6 Å². The highest BCUT2D eigenvalue weighted by Gasteiger charge is 2.45. The second-order valence-corrected chi connectivity index (χ2v) is 20.6. The number of carboxylic acid groups (broad SMARTS) is 1. The van der Waals surface area contributed by atoms with Crippen molar-refractivity contribution in [1.29, 1.82) is 0 Å². The molecule has 12 N–H and O–H groups in total. The second kappa shape index (κ2) is 32.1. The number of phenols is 1. The molecule has 0 saturated carbocycles. The molecule has 1 aromatic rings. The Hall–Kier alpha value is -5.38. The van der Waals surface area contributed by atoms with Gasteiger partial charge in [-0.25, -0.2) is 4.79 Å². The summed E-state index contributed by atoms with van der Waals surface area (Å²) in [6.45, 7) is 2.91. The van der Waals surface area contributed by atoms with E-state index in [0.29, 0.717) is 12.0 Å². The van der Waals surface area contributed by atoms with Crippen LogP contribution in [-0.4, -0.2) is 163 Å². The molecule has 0 aromatic heterocycles. The standard InChI is InChI=1S/C53H86N8O13/c1-3-4-5-6-7-8-9-10-11-12-13-14-15-22-45(66)55-39-19-16-17-20-42(53(73)74)58-50(70)43-30-37(64)32-60(43)51(71)41(21-18-29-54)57-47(67)40(28-25-35-23-26-36(63)27-24-35)56-49(69)44-31-38(65)33-61(44)52(72)46(34(2)62)59-48(39)68/h23-24,26-27,34,37-44,46,62-65H,3-22,25,28-33,54H2,1-2H3,(H,55,66)(H,56,69)(H,57,67)(H,58,70)(H,59,68)(H,73,74)/t34-,37-,38-,39+,40+,41+,42+,43+,44+,46+/m1/s1. The number of aliphatic carboxylic acids is 1. The van der Waals surface area contributed by atoms with Crippen LogP contribution < -0.4 is 32.3 Å². The minimum atomic E-state index is -1.66. The summed E-state index contributed by atoms with van der Waals surface area (Å²) in [5, 5.41) is 65.9. The zero-order valence-electron chi connectivity index (χ0n) is 43.6. The quantitative estimate of drug-likeness (QED) is 0.0699. The highest BCUT2D eigenvalue weighted by molar-refractivity contribution is 5.98. The van der Waals surface area contributed by atoms with Gasteiger partial charge >= 0.3 is 5.97 Å². The lowest BCUT2D eigenvalue weighted by atomic mass is 10.0. The summed E-state index contributed by atoms with van der Waals surface area (Å²) in [6, 6.07) is -3.64. The Balaban J connectivity index is 1.59. The summed E-state index contributed by atoms with van der Waals surface area (Å²) in [7, 11) is 0. The number of aliphatic hydroxyl groups is 3. The van der Waals surface area contributed by atoms with E-state index >= 15 is 0 Å². The number of unbranched alkanes of at least 4 members (excludes halogenated alkanes) is 12. The molecule has 416 valence electrons. The monoisotopic (exact) mass is 1040 g/mol. The van der Waals surface area contributed by atoms with E-state index < -0.39 is 108 Å². The first kappa shape index (κ1) is 61.2. The van der Waals surface area contributed by atoms with Crippen LogP contribution in [0.1, 0.15) is 167 Å². The van der Waals surface area contributed by atoms with E-state index in [1.54, 1.807) is 12.1 Å². The van der Waals surface area contributed by atoms with Crippen LogP contribution in [0.3, 0.4) is 0 Å². The van der Waals surface area contributed by atoms with Crippen LogP contribution in [0, 0.1) is 0 Å². The van der Waals surface area contributed by atoms with Crippen molar-refractivity contribution >= 4 is 47.3 Å². The Kier molecular flexibility index (Phi) is 26.6. The van der Waals surface area contributed by atoms with Gasteiger partial charge in [0.25, 0.3) is 0 Å². The highest BCUT2D eigenvalue weighted by atomic mass is 16.4. The largest absolute Gasteiger partial charge is 0.508 e. The van der Waals surface area contributed by atoms with Gasteiger partial charge in [-0.15, -0.1) is 0 Å². The van der Waals surface area contributed by atoms with E-state index in [-0.39, 0.29) is 96.0 Å². The predicted octanol–water partition coefficient (Wildman–Crippen LogP) is 1.93. The van der Waals surface area contributed by atoms with Gasteiger partial charge in [0.15, 0.2) is 0 Å². The van der Waals surface area contributed by atoms with E-state index in [9.17, 15) is 63.9 Å². The molecule has 1 aromatic carbocycles. The van der Waals surface area contributed by atoms with Gasteiger partial charge in [-0.05, 0) is 76.1 Å². The summed E-state index contributed by atoms with van der Waals surface area (Å²) < 4.78 is 0. The Bertz CT molecular complexity index is 1970. The average Bonchev–Trinajstić information content (AvgIpc) is 3.97. The van der Waals surface area contributed by atoms with Gasteiger partial charge in [0.1, 0.15) is 48.0 Å². The Morgan fingerprint density at radius 2 is 1.20 bits per heavy atom. The molecular formula is C53H86N8O13. The number of hydrogen-bond donors (Lipinski definition) is 11. The number of aromatic hydroxyl groups is 1. The van der Waals surface area contributed by atoms with Crippen LogP contribution in [0.2, 0.25) is 0 Å². The molecule has 0 radical (unpaired) electrons. The summed E-state index contributed by atoms with van der Waals surface area (Å²) >= 11 is 0. The number of nitrogens with zero attached hydrogens (tertiary/aromatic N) is 2. The molecule has 4 rings (SSSR count). The number of carboxylic acids is 1. The number of fused-ring (bicyclic) bond motifs is 2. The van der Waals surface area contributed by atoms with Crippen molar-refractivity contribution in [3.05, 3.63) is 29.8 Å². The molecule has 21 heteroatoms. The first-order valence-electron chi connectivity index (χ1n) is 27.3. The predicted molar refractivity (Wildman–Crippen MR) is 275 cm³/mol. The maximum absolute atomic E-state index is 14.4. The van der Waals surface area contributed by atoms with Gasteiger partial charge in [0.2, 0.25) is 41.4 Å². The van der Waals surface area contributed by atoms with Crippen molar-refractivity contribution in [2.75, 3.05) is 19.6 Å². The molecule has 3 aliphatic heterocycles. The van der Waals surface area contributed by atoms with Crippen LogP contribution in [0.4, 0.5) is 0 Å². The number of rotatable bonds is 23. The van der Waals surface area contributed by atoms with Gasteiger partial charge in [-0.1, -0.05) is 109 Å². The van der Waals surface area contributed by atoms with Crippen LogP contribution >= 0.6 is 0 Å². The van der Waals surface area contributed by atoms with Crippen molar-refractivity contribution in [2.24, 2.45) is 5.73 Å². The third-order valence-electron chi connectivity index (χ3n) is 14.4. The van der Waals surface area contributed by atoms with E-state index in [1.165, 1.54) is 70.4 Å². The number of carbonyl (C=O) groups excluding carboxylic acids is 7. The first-order valence-corrected chi connectivity index (χ1v) is 27.3. The molecule has 10 atom stereocenters. The van der Waals surface area contributed by atoms with E-state index in [0.717, 1.165) is 35.5 Å². The van der Waals surface area contributed by atoms with Crippen LogP contribution in [0.5, 0.6) is 5.75 Å². The fraction of sp³-hybridized carbons (Fsp3) is 0.736. The molecular weight excluding hydrogens is 957 g/mol. The minimum Gasteiger partial charge on any atom is -0.508 e. The fourth-order valence-corrected chi connectivity index (χ4v) is 10.1. The van der Waals surface area contributed by atoms with Crippen molar-refractivity contribution in [2.45, 2.75) is 229 Å². The van der Waals surface area contributed by atoms with Crippen LogP contribution in [0.15, 0.2) is 24.3 Å². The summed E-state index contributed by atoms with van der Waals surface area (Å²) in [5.74, 6) is -6.83. The number of aryl methyl sites for hydroxylation is 1. The molecule has 0 spiro atoms. The third kappa shape index (κ3) is 20.0. The molecule has 3 heterocycles. The van der Waals surface area contributed by atoms with Crippen molar-refractivity contribution in [3.8, 4) is 5.75 Å². The van der Waals surface area contributed by atoms with Gasteiger partial charge < -0.3 is 67.7 Å². The van der Waals surface area contributed by atoms with E-state index in [1.807, 2.05) is 0 Å². The maximum atomic E-state index is 14.4. The molecule has 74 heavy (non-hydrogen) atoms. The fourth-order valence-electron chi connectivity index (χ4n) is 10.1. The van der Waals surface area contributed by atoms with Crippen LogP contribution in [0.25, 0.3) is 0 Å². The normalized spacial score (nSPS) is 26.3. The van der Waals surface area contributed by atoms with Crippen LogP contribution in [-0.2, 0) is 44.8 Å². The average molecular weight is 1040 g/mol. The zero-order chi connectivity index (χ0) is 54.2. The Labute approximate surface area is 435 Å². The number of hydrogen-bond acceptors (Lipinski definition) is 13. The number of amides is 7. The van der Waals surface area contributed by atoms with Crippen molar-refractivity contribution < 1.29 is 63.9 Å². The van der Waals surface area contributed by atoms with Gasteiger partial charge in [0, 0.05) is 32.4 Å². The zero-order valence-corrected chi connectivity index (χ0v) is 43.6. The number of nitrogens with one attached hydrogen (secondary N) is 5. The Morgan fingerprint density at radius 3 is 1.76 bits per heavy atom. The van der Waals surface area contributed by atoms with E-state index in [4.69, 9.17) is 5.73 Å². The summed E-state index contributed by atoms with van der Waals surface area (Å²) in [5.41, 5.74) is 6.49. The highest BCUT2D eigenvalue weighted by Crippen LogP contribution is 2.24. The lowest BCUT2D eigenvalue weighted by molar-refractivity contribution is -0.145. The van der Waals surface area contributed by atoms with Gasteiger partial charge in [-0.2, -0.15) is 0 Å². The smallest absolute Gasteiger partial charge is 0.326 e. The number of phenolic OH excluding ortho intramolecular Hbond substituents is 1. The van der Waals surface area contributed by atoms with E-state index in [2.05, 4.69) is 33.5 Å². The molecule has 0 unspecified atom stereocenters. The molecule has 21 nitrogen and oxygen atoms in total. The Morgan fingerprint density at radius 1 is 0.676 bits per heavy atom.